The van der Waals surface area contributed by atoms with Crippen LogP contribution < -0.4 is 0 Å². The van der Waals surface area contributed by atoms with Crippen LogP contribution in [0, 0.1) is 0 Å². The van der Waals surface area contributed by atoms with E-state index >= 15 is 0 Å². The second-order valence-corrected chi connectivity index (χ2v) is 8.34. The van der Waals surface area contributed by atoms with Gasteiger partial charge in [0, 0.05) is 18.2 Å². The van der Waals surface area contributed by atoms with E-state index in [9.17, 15) is 0 Å². The molecule has 0 aliphatic heterocycles. The molecule has 0 bridgehead atoms. The molecule has 0 atom stereocenters. The molecule has 0 spiro atoms. The fourth-order valence-corrected chi connectivity index (χ4v) is 3.96. The summed E-state index contributed by atoms with van der Waals surface area (Å²) in [6, 6.07) is 18.3. The Morgan fingerprint density at radius 2 is 1.77 bits per heavy atom. The van der Waals surface area contributed by atoms with Gasteiger partial charge in [-0.2, -0.15) is 4.98 Å². The molecule has 0 saturated carbocycles. The van der Waals surface area contributed by atoms with Gasteiger partial charge < -0.3 is 9.26 Å². The van der Waals surface area contributed by atoms with Crippen LogP contribution in [-0.2, 0) is 17.0 Å². The molecule has 2 heterocycles. The Morgan fingerprint density at radius 3 is 2.48 bits per heavy atom. The summed E-state index contributed by atoms with van der Waals surface area (Å²) in [6.07, 6.45) is 0. The van der Waals surface area contributed by atoms with Crippen LogP contribution in [-0.4, -0.2) is 38.6 Å². The molecule has 2 aromatic carbocycles. The Labute approximate surface area is 185 Å². The van der Waals surface area contributed by atoms with Crippen molar-refractivity contribution in [1.29, 1.82) is 0 Å². The Bertz CT molecular complexity index is 1110. The zero-order chi connectivity index (χ0) is 21.6. The third-order valence-corrected chi connectivity index (χ3v) is 5.85. The molecule has 4 rings (SSSR count). The summed E-state index contributed by atoms with van der Waals surface area (Å²) in [5.41, 5.74) is 3.24. The van der Waals surface area contributed by atoms with Gasteiger partial charge in [0.05, 0.1) is 18.9 Å². The van der Waals surface area contributed by atoms with E-state index in [2.05, 4.69) is 50.9 Å². The SMILES string of the molecule is COCCn1c(SCc2nc(-c3ccc(C(C)C)cc3)no2)nnc1-c1ccccc1. The summed E-state index contributed by atoms with van der Waals surface area (Å²) in [5.74, 6) is 2.96. The fourth-order valence-electron chi connectivity index (χ4n) is 3.15. The summed E-state index contributed by atoms with van der Waals surface area (Å²) >= 11 is 1.52. The summed E-state index contributed by atoms with van der Waals surface area (Å²) in [7, 11) is 1.69. The van der Waals surface area contributed by atoms with Crippen molar-refractivity contribution >= 4 is 11.8 Å². The summed E-state index contributed by atoms with van der Waals surface area (Å²) in [6.45, 7) is 5.58. The first-order valence-electron chi connectivity index (χ1n) is 10.2. The second-order valence-electron chi connectivity index (χ2n) is 7.39. The molecular formula is C23H25N5O2S. The molecule has 31 heavy (non-hydrogen) atoms. The van der Waals surface area contributed by atoms with Gasteiger partial charge >= 0.3 is 0 Å². The topological polar surface area (TPSA) is 78.9 Å². The lowest BCUT2D eigenvalue weighted by Gasteiger charge is -2.09. The monoisotopic (exact) mass is 435 g/mol. The lowest BCUT2D eigenvalue weighted by molar-refractivity contribution is 0.185. The number of hydrogen-bond acceptors (Lipinski definition) is 7. The number of benzene rings is 2. The van der Waals surface area contributed by atoms with E-state index in [-0.39, 0.29) is 0 Å². The molecular weight excluding hydrogens is 410 g/mol. The van der Waals surface area contributed by atoms with Crippen LogP contribution in [0.4, 0.5) is 0 Å². The van der Waals surface area contributed by atoms with Crippen molar-refractivity contribution in [2.24, 2.45) is 0 Å². The molecule has 0 saturated heterocycles. The Balaban J connectivity index is 1.49. The van der Waals surface area contributed by atoms with Gasteiger partial charge in [-0.15, -0.1) is 10.2 Å². The molecule has 4 aromatic rings. The average Bonchev–Trinajstić information content (AvgIpc) is 3.44. The second kappa shape index (κ2) is 9.89. The third-order valence-electron chi connectivity index (χ3n) is 4.90. The number of ether oxygens (including phenoxy) is 1. The maximum Gasteiger partial charge on any atom is 0.237 e. The zero-order valence-electron chi connectivity index (χ0n) is 17.9. The lowest BCUT2D eigenvalue weighted by atomic mass is 10.0. The highest BCUT2D eigenvalue weighted by atomic mass is 32.2. The van der Waals surface area contributed by atoms with Crippen molar-refractivity contribution in [3.8, 4) is 22.8 Å². The first kappa shape index (κ1) is 21.3. The van der Waals surface area contributed by atoms with Crippen LogP contribution in [0.15, 0.2) is 64.3 Å². The van der Waals surface area contributed by atoms with E-state index in [1.807, 2.05) is 42.5 Å². The Hall–Kier alpha value is -2.97. The minimum absolute atomic E-state index is 0.488. The van der Waals surface area contributed by atoms with E-state index in [0.717, 1.165) is 22.1 Å². The first-order valence-corrected chi connectivity index (χ1v) is 11.2. The maximum absolute atomic E-state index is 5.47. The van der Waals surface area contributed by atoms with Gasteiger partial charge in [-0.05, 0) is 11.5 Å². The highest BCUT2D eigenvalue weighted by Gasteiger charge is 2.16. The number of rotatable bonds is 9. The molecule has 2 aromatic heterocycles. The largest absolute Gasteiger partial charge is 0.383 e. The number of hydrogen-bond donors (Lipinski definition) is 0. The van der Waals surface area contributed by atoms with Gasteiger partial charge in [-0.1, -0.05) is 85.4 Å². The number of nitrogens with zero attached hydrogens (tertiary/aromatic N) is 5. The molecule has 7 nitrogen and oxygen atoms in total. The van der Waals surface area contributed by atoms with E-state index < -0.39 is 0 Å². The van der Waals surface area contributed by atoms with Gasteiger partial charge in [0.15, 0.2) is 11.0 Å². The summed E-state index contributed by atoms with van der Waals surface area (Å²) in [5, 5.41) is 13.7. The predicted octanol–water partition coefficient (Wildman–Crippen LogP) is 5.06. The van der Waals surface area contributed by atoms with Gasteiger partial charge in [-0.3, -0.25) is 4.57 Å². The average molecular weight is 436 g/mol. The number of aromatic nitrogens is 5. The minimum atomic E-state index is 0.488. The molecule has 0 aliphatic rings. The molecule has 0 amide bonds. The van der Waals surface area contributed by atoms with Crippen LogP contribution in [0.5, 0.6) is 0 Å². The fraction of sp³-hybridized carbons (Fsp3) is 0.304. The van der Waals surface area contributed by atoms with Crippen LogP contribution in [0.1, 0.15) is 31.2 Å². The van der Waals surface area contributed by atoms with Crippen LogP contribution >= 0.6 is 11.8 Å². The van der Waals surface area contributed by atoms with Crippen LogP contribution in [0.25, 0.3) is 22.8 Å². The van der Waals surface area contributed by atoms with Gasteiger partial charge in [-0.25, -0.2) is 0 Å². The summed E-state index contributed by atoms with van der Waals surface area (Å²) < 4.78 is 12.8. The van der Waals surface area contributed by atoms with Gasteiger partial charge in [0.2, 0.25) is 11.7 Å². The van der Waals surface area contributed by atoms with Crippen molar-refractivity contribution in [2.75, 3.05) is 13.7 Å². The number of methoxy groups -OCH3 is 1. The first-order chi connectivity index (χ1) is 15.2. The maximum atomic E-state index is 5.47. The Morgan fingerprint density at radius 1 is 1.00 bits per heavy atom. The van der Waals surface area contributed by atoms with Crippen molar-refractivity contribution in [3.63, 3.8) is 0 Å². The molecule has 0 unspecified atom stereocenters. The Kier molecular flexibility index (Phi) is 6.79. The van der Waals surface area contributed by atoms with Crippen molar-refractivity contribution in [1.82, 2.24) is 24.9 Å². The van der Waals surface area contributed by atoms with Crippen molar-refractivity contribution < 1.29 is 9.26 Å². The normalized spacial score (nSPS) is 11.4. The highest BCUT2D eigenvalue weighted by molar-refractivity contribution is 7.98. The minimum Gasteiger partial charge on any atom is -0.383 e. The summed E-state index contributed by atoms with van der Waals surface area (Å²) in [4.78, 5) is 4.55. The quantitative estimate of drug-likeness (QED) is 0.340. The third kappa shape index (κ3) is 5.03. The predicted molar refractivity (Wildman–Crippen MR) is 121 cm³/mol. The highest BCUT2D eigenvalue weighted by Crippen LogP contribution is 2.27. The van der Waals surface area contributed by atoms with Crippen LogP contribution in [0.3, 0.4) is 0 Å². The van der Waals surface area contributed by atoms with Crippen LogP contribution in [0.2, 0.25) is 0 Å². The van der Waals surface area contributed by atoms with Crippen molar-refractivity contribution in [3.05, 3.63) is 66.1 Å². The van der Waals surface area contributed by atoms with Crippen molar-refractivity contribution in [2.45, 2.75) is 37.2 Å². The van der Waals surface area contributed by atoms with Gasteiger partial charge in [0.25, 0.3) is 0 Å². The molecule has 0 N–H and O–H groups in total. The molecule has 0 aliphatic carbocycles. The lowest BCUT2D eigenvalue weighted by Crippen LogP contribution is -2.07. The molecule has 0 radical (unpaired) electrons. The van der Waals surface area contributed by atoms with E-state index in [0.29, 0.717) is 36.5 Å². The number of thioether (sulfide) groups is 1. The molecule has 160 valence electrons. The molecule has 8 heteroatoms. The van der Waals surface area contributed by atoms with Gasteiger partial charge in [0.1, 0.15) is 0 Å². The zero-order valence-corrected chi connectivity index (χ0v) is 18.7. The van der Waals surface area contributed by atoms with E-state index in [4.69, 9.17) is 9.26 Å². The van der Waals surface area contributed by atoms with E-state index in [1.54, 1.807) is 7.11 Å². The standard InChI is InChI=1S/C23H25N5O2S/c1-16(2)17-9-11-18(12-10-17)21-24-20(30-27-21)15-31-23-26-25-22(28(23)13-14-29-3)19-7-5-4-6-8-19/h4-12,16H,13-15H2,1-3H3. The smallest absolute Gasteiger partial charge is 0.237 e. The molecule has 0 fully saturated rings. The van der Waals surface area contributed by atoms with E-state index in [1.165, 1.54) is 17.3 Å².